The average molecular weight is 476 g/mol. The Morgan fingerprint density at radius 2 is 1.27 bits per heavy atom. The molecule has 0 bridgehead atoms. The Morgan fingerprint density at radius 3 is 2.08 bits per heavy atom. The standard InChI is InChI=1S/C34H25N3/c1-3-12-24(13-4-1)30-23-31(36-34(35-30)25-14-5-2-6-15-25)26-16-11-17-27(22-26)37-32-20-9-7-18-28(32)29-19-8-10-21-33(29)37/h1-7,9-18,20-23H,8,19H2. The largest absolute Gasteiger partial charge is 0.310 e. The maximum atomic E-state index is 5.04. The molecule has 0 unspecified atom stereocenters. The van der Waals surface area contributed by atoms with Crippen molar-refractivity contribution in [1.82, 2.24) is 14.5 Å². The van der Waals surface area contributed by atoms with E-state index in [1.165, 1.54) is 22.2 Å². The highest BCUT2D eigenvalue weighted by Gasteiger charge is 2.18. The molecule has 7 rings (SSSR count). The summed E-state index contributed by atoms with van der Waals surface area (Å²) in [6, 6.07) is 40.1. The molecular weight excluding hydrogens is 450 g/mol. The highest BCUT2D eigenvalue weighted by Crippen LogP contribution is 2.35. The van der Waals surface area contributed by atoms with Gasteiger partial charge in [0, 0.05) is 33.5 Å². The maximum absolute atomic E-state index is 5.04. The molecule has 6 aromatic rings. The Morgan fingerprint density at radius 1 is 0.595 bits per heavy atom. The number of para-hydroxylation sites is 1. The lowest BCUT2D eigenvalue weighted by atomic mass is 10.0. The fourth-order valence-corrected chi connectivity index (χ4v) is 5.34. The van der Waals surface area contributed by atoms with Gasteiger partial charge in [0.2, 0.25) is 0 Å². The lowest BCUT2D eigenvalue weighted by Crippen LogP contribution is -2.01. The smallest absolute Gasteiger partial charge is 0.160 e. The van der Waals surface area contributed by atoms with Crippen LogP contribution in [0.4, 0.5) is 0 Å². The Kier molecular flexibility index (Phi) is 5.25. The second kappa shape index (κ2) is 9.03. The highest BCUT2D eigenvalue weighted by molar-refractivity contribution is 5.91. The van der Waals surface area contributed by atoms with E-state index in [0.717, 1.165) is 52.4 Å². The van der Waals surface area contributed by atoms with Crippen molar-refractivity contribution < 1.29 is 0 Å². The minimum Gasteiger partial charge on any atom is -0.310 e. The fraction of sp³-hybridized carbons (Fsp3) is 0.0588. The van der Waals surface area contributed by atoms with E-state index in [9.17, 15) is 0 Å². The van der Waals surface area contributed by atoms with Crippen molar-refractivity contribution >= 4 is 17.0 Å². The molecule has 0 N–H and O–H groups in total. The highest BCUT2D eigenvalue weighted by atomic mass is 15.0. The van der Waals surface area contributed by atoms with Gasteiger partial charge in [0.1, 0.15) is 0 Å². The van der Waals surface area contributed by atoms with Crippen LogP contribution in [0.5, 0.6) is 0 Å². The molecule has 1 aliphatic rings. The van der Waals surface area contributed by atoms with Crippen molar-refractivity contribution in [3.05, 3.63) is 133 Å². The van der Waals surface area contributed by atoms with Crippen molar-refractivity contribution in [3.8, 4) is 39.6 Å². The first-order chi connectivity index (χ1) is 18.3. The second-order valence-electron chi connectivity index (χ2n) is 9.40. The van der Waals surface area contributed by atoms with E-state index in [2.05, 4.69) is 95.6 Å². The lowest BCUT2D eigenvalue weighted by molar-refractivity contribution is 0.967. The van der Waals surface area contributed by atoms with E-state index < -0.39 is 0 Å². The van der Waals surface area contributed by atoms with E-state index in [-0.39, 0.29) is 0 Å². The summed E-state index contributed by atoms with van der Waals surface area (Å²) in [4.78, 5) is 9.98. The Labute approximate surface area is 216 Å². The molecular formula is C34H25N3. The van der Waals surface area contributed by atoms with E-state index in [0.29, 0.717) is 0 Å². The summed E-state index contributed by atoms with van der Waals surface area (Å²) in [5, 5.41) is 1.34. The molecule has 0 radical (unpaired) electrons. The van der Waals surface area contributed by atoms with Gasteiger partial charge in [-0.1, -0.05) is 97.1 Å². The van der Waals surface area contributed by atoms with Crippen LogP contribution in [0.15, 0.2) is 121 Å². The molecule has 176 valence electrons. The zero-order valence-electron chi connectivity index (χ0n) is 20.4. The number of rotatable bonds is 4. The first kappa shape index (κ1) is 21.5. The van der Waals surface area contributed by atoms with Crippen LogP contribution in [0, 0.1) is 0 Å². The second-order valence-corrected chi connectivity index (χ2v) is 9.40. The van der Waals surface area contributed by atoms with Gasteiger partial charge >= 0.3 is 0 Å². The molecule has 3 heteroatoms. The van der Waals surface area contributed by atoms with Gasteiger partial charge in [-0.05, 0) is 48.7 Å². The summed E-state index contributed by atoms with van der Waals surface area (Å²) < 4.78 is 2.39. The fourth-order valence-electron chi connectivity index (χ4n) is 5.34. The van der Waals surface area contributed by atoms with E-state index >= 15 is 0 Å². The first-order valence-corrected chi connectivity index (χ1v) is 12.7. The molecule has 3 nitrogen and oxygen atoms in total. The SMILES string of the molecule is C1=Cc2c(c3ccccc3n2-c2cccc(-c3cc(-c4ccccc4)nc(-c4ccccc4)n3)c2)CC1. The van der Waals surface area contributed by atoms with Crippen LogP contribution in [0.3, 0.4) is 0 Å². The van der Waals surface area contributed by atoms with Crippen LogP contribution in [0.2, 0.25) is 0 Å². The topological polar surface area (TPSA) is 30.7 Å². The zero-order chi connectivity index (χ0) is 24.6. The van der Waals surface area contributed by atoms with Crippen molar-refractivity contribution in [2.24, 2.45) is 0 Å². The minimum atomic E-state index is 0.731. The number of allylic oxidation sites excluding steroid dienone is 1. The summed E-state index contributed by atoms with van der Waals surface area (Å²) >= 11 is 0. The molecule has 0 saturated heterocycles. The molecule has 4 aromatic carbocycles. The molecule has 0 amide bonds. The third kappa shape index (κ3) is 3.85. The quantitative estimate of drug-likeness (QED) is 0.256. The Bertz CT molecular complexity index is 1700. The van der Waals surface area contributed by atoms with Gasteiger partial charge in [-0.2, -0.15) is 0 Å². The maximum Gasteiger partial charge on any atom is 0.160 e. The number of nitrogens with zero attached hydrogens (tertiary/aromatic N) is 3. The molecule has 0 atom stereocenters. The van der Waals surface area contributed by atoms with Crippen LogP contribution < -0.4 is 0 Å². The van der Waals surface area contributed by atoms with Crippen LogP contribution in [-0.2, 0) is 6.42 Å². The van der Waals surface area contributed by atoms with Crippen LogP contribution in [0.1, 0.15) is 17.7 Å². The number of benzene rings is 4. The molecule has 0 spiro atoms. The van der Waals surface area contributed by atoms with Crippen molar-refractivity contribution in [2.45, 2.75) is 12.8 Å². The van der Waals surface area contributed by atoms with Crippen molar-refractivity contribution in [3.63, 3.8) is 0 Å². The third-order valence-electron chi connectivity index (χ3n) is 7.08. The van der Waals surface area contributed by atoms with Gasteiger partial charge in [0.05, 0.1) is 16.9 Å². The molecule has 0 saturated carbocycles. The summed E-state index contributed by atoms with van der Waals surface area (Å²) in [5.41, 5.74) is 10.1. The predicted octanol–water partition coefficient (Wildman–Crippen LogP) is 8.38. The van der Waals surface area contributed by atoms with E-state index in [1.54, 1.807) is 0 Å². The number of aryl methyl sites for hydroxylation is 1. The first-order valence-electron chi connectivity index (χ1n) is 12.7. The van der Waals surface area contributed by atoms with Crippen LogP contribution >= 0.6 is 0 Å². The number of fused-ring (bicyclic) bond motifs is 3. The lowest BCUT2D eigenvalue weighted by Gasteiger charge is -2.14. The number of hydrogen-bond donors (Lipinski definition) is 0. The average Bonchev–Trinajstić information content (AvgIpc) is 3.32. The monoisotopic (exact) mass is 475 g/mol. The number of hydrogen-bond acceptors (Lipinski definition) is 2. The van der Waals surface area contributed by atoms with Crippen molar-refractivity contribution in [2.75, 3.05) is 0 Å². The summed E-state index contributed by atoms with van der Waals surface area (Å²) in [7, 11) is 0. The normalized spacial score (nSPS) is 12.5. The zero-order valence-corrected chi connectivity index (χ0v) is 20.4. The summed E-state index contributed by atoms with van der Waals surface area (Å²) in [5.74, 6) is 0.731. The molecule has 37 heavy (non-hydrogen) atoms. The summed E-state index contributed by atoms with van der Waals surface area (Å²) in [6.07, 6.45) is 6.72. The molecule has 2 heterocycles. The van der Waals surface area contributed by atoms with Gasteiger partial charge < -0.3 is 4.57 Å². The third-order valence-corrected chi connectivity index (χ3v) is 7.08. The van der Waals surface area contributed by atoms with Gasteiger partial charge in [-0.3, -0.25) is 0 Å². The van der Waals surface area contributed by atoms with Gasteiger partial charge in [0.15, 0.2) is 5.82 Å². The number of aromatic nitrogens is 3. The Hall–Kier alpha value is -4.76. The predicted molar refractivity (Wildman–Crippen MR) is 153 cm³/mol. The van der Waals surface area contributed by atoms with Gasteiger partial charge in [-0.25, -0.2) is 9.97 Å². The van der Waals surface area contributed by atoms with Crippen LogP contribution in [-0.4, -0.2) is 14.5 Å². The van der Waals surface area contributed by atoms with E-state index in [1.807, 2.05) is 36.4 Å². The van der Waals surface area contributed by atoms with Crippen molar-refractivity contribution in [1.29, 1.82) is 0 Å². The Balaban J connectivity index is 1.42. The van der Waals surface area contributed by atoms with Gasteiger partial charge in [0.25, 0.3) is 0 Å². The van der Waals surface area contributed by atoms with Crippen LogP contribution in [0.25, 0.3) is 56.6 Å². The minimum absolute atomic E-state index is 0.731. The van der Waals surface area contributed by atoms with Gasteiger partial charge in [-0.15, -0.1) is 0 Å². The molecule has 0 aliphatic heterocycles. The molecule has 0 fully saturated rings. The van der Waals surface area contributed by atoms with E-state index in [4.69, 9.17) is 9.97 Å². The molecule has 1 aliphatic carbocycles. The molecule has 2 aromatic heterocycles. The summed E-state index contributed by atoms with van der Waals surface area (Å²) in [6.45, 7) is 0.